The molecule has 0 N–H and O–H groups in total. The van der Waals surface area contributed by atoms with E-state index in [0.29, 0.717) is 17.1 Å². The number of likely N-dealkylation sites (tertiary alicyclic amines) is 1. The molecular weight excluding hydrogens is 318 g/mol. The van der Waals surface area contributed by atoms with Crippen LogP contribution in [0.3, 0.4) is 0 Å². The molecular formula is C19H21N3O3. The number of amides is 1. The summed E-state index contributed by atoms with van der Waals surface area (Å²) in [5.74, 6) is 2.27. The lowest BCUT2D eigenvalue weighted by atomic mass is 10.0. The quantitative estimate of drug-likeness (QED) is 0.861. The monoisotopic (exact) mass is 339 g/mol. The maximum Gasteiger partial charge on any atom is 0.254 e. The number of pyridine rings is 1. The standard InChI is InChI=1S/C19H21N3O3/c1-21(2)18-11-13(7-8-20-18)15-4-3-9-22(15)19(23)14-5-6-16-17(10-14)25-12-24-16/h5-8,10-11,15H,3-4,9,12H2,1-2H3. The number of fused-ring (bicyclic) bond motifs is 1. The SMILES string of the molecule is CN(C)c1cc(C2CCCN2C(=O)c2ccc3c(c2)OCO3)ccn1. The molecule has 0 aliphatic carbocycles. The fraction of sp³-hybridized carbons (Fsp3) is 0.368. The molecule has 25 heavy (non-hydrogen) atoms. The lowest BCUT2D eigenvalue weighted by molar-refractivity contribution is 0.0735. The minimum Gasteiger partial charge on any atom is -0.454 e. The summed E-state index contributed by atoms with van der Waals surface area (Å²) < 4.78 is 10.7. The molecule has 0 saturated carbocycles. The largest absolute Gasteiger partial charge is 0.454 e. The van der Waals surface area contributed by atoms with E-state index in [1.54, 1.807) is 12.1 Å². The van der Waals surface area contributed by atoms with Crippen molar-refractivity contribution in [2.24, 2.45) is 0 Å². The molecule has 1 amide bonds. The number of nitrogens with zero attached hydrogens (tertiary/aromatic N) is 3. The Kier molecular flexibility index (Phi) is 3.95. The molecule has 0 spiro atoms. The Morgan fingerprint density at radius 1 is 1.20 bits per heavy atom. The molecule has 6 heteroatoms. The number of hydrogen-bond donors (Lipinski definition) is 0. The lowest BCUT2D eigenvalue weighted by Crippen LogP contribution is -2.30. The number of benzene rings is 1. The summed E-state index contributed by atoms with van der Waals surface area (Å²) in [6.07, 6.45) is 3.78. The Bertz CT molecular complexity index is 806. The van der Waals surface area contributed by atoms with Crippen LogP contribution in [0.1, 0.15) is 34.8 Å². The van der Waals surface area contributed by atoms with Crippen molar-refractivity contribution in [2.45, 2.75) is 18.9 Å². The van der Waals surface area contributed by atoms with Crippen molar-refractivity contribution in [1.82, 2.24) is 9.88 Å². The Morgan fingerprint density at radius 2 is 2.04 bits per heavy atom. The van der Waals surface area contributed by atoms with Crippen LogP contribution in [0.15, 0.2) is 36.5 Å². The van der Waals surface area contributed by atoms with Crippen LogP contribution < -0.4 is 14.4 Å². The van der Waals surface area contributed by atoms with Gasteiger partial charge in [0.2, 0.25) is 6.79 Å². The summed E-state index contributed by atoms with van der Waals surface area (Å²) in [5, 5.41) is 0. The van der Waals surface area contributed by atoms with Gasteiger partial charge in [-0.2, -0.15) is 0 Å². The Labute approximate surface area is 147 Å². The van der Waals surface area contributed by atoms with Crippen molar-refractivity contribution in [2.75, 3.05) is 32.3 Å². The number of carbonyl (C=O) groups is 1. The van der Waals surface area contributed by atoms with E-state index in [2.05, 4.69) is 11.1 Å². The van der Waals surface area contributed by atoms with Gasteiger partial charge in [0.25, 0.3) is 5.91 Å². The van der Waals surface area contributed by atoms with E-state index in [0.717, 1.165) is 30.8 Å². The first-order valence-electron chi connectivity index (χ1n) is 8.47. The molecule has 3 heterocycles. The van der Waals surface area contributed by atoms with Gasteiger partial charge in [-0.05, 0) is 48.7 Å². The van der Waals surface area contributed by atoms with Gasteiger partial charge in [0, 0.05) is 32.4 Å². The van der Waals surface area contributed by atoms with Crippen molar-refractivity contribution in [3.63, 3.8) is 0 Å². The fourth-order valence-corrected chi connectivity index (χ4v) is 3.44. The third-order valence-electron chi connectivity index (χ3n) is 4.75. The summed E-state index contributed by atoms with van der Waals surface area (Å²) in [5.41, 5.74) is 1.77. The van der Waals surface area contributed by atoms with Crippen LogP contribution >= 0.6 is 0 Å². The molecule has 1 fully saturated rings. The van der Waals surface area contributed by atoms with Gasteiger partial charge in [-0.1, -0.05) is 0 Å². The first-order chi connectivity index (χ1) is 12.1. The van der Waals surface area contributed by atoms with E-state index in [4.69, 9.17) is 9.47 Å². The molecule has 1 atom stereocenters. The molecule has 1 aromatic carbocycles. The van der Waals surface area contributed by atoms with E-state index in [1.165, 1.54) is 0 Å². The van der Waals surface area contributed by atoms with Crippen molar-refractivity contribution < 1.29 is 14.3 Å². The number of carbonyl (C=O) groups excluding carboxylic acids is 1. The van der Waals surface area contributed by atoms with E-state index < -0.39 is 0 Å². The predicted octanol–water partition coefficient (Wildman–Crippen LogP) is 2.85. The second-order valence-corrected chi connectivity index (χ2v) is 6.57. The smallest absolute Gasteiger partial charge is 0.254 e. The summed E-state index contributed by atoms with van der Waals surface area (Å²) in [6.45, 7) is 0.973. The molecule has 1 aromatic heterocycles. The van der Waals surface area contributed by atoms with Crippen molar-refractivity contribution in [1.29, 1.82) is 0 Å². The molecule has 2 aromatic rings. The third kappa shape index (κ3) is 2.88. The zero-order valence-electron chi connectivity index (χ0n) is 14.4. The Morgan fingerprint density at radius 3 is 2.88 bits per heavy atom. The summed E-state index contributed by atoms with van der Waals surface area (Å²) in [6, 6.07) is 9.54. The van der Waals surface area contributed by atoms with Crippen molar-refractivity contribution in [3.05, 3.63) is 47.7 Å². The van der Waals surface area contributed by atoms with Gasteiger partial charge in [-0.3, -0.25) is 4.79 Å². The first kappa shape index (κ1) is 15.7. The zero-order valence-corrected chi connectivity index (χ0v) is 14.4. The minimum absolute atomic E-state index is 0.0315. The van der Waals surface area contributed by atoms with Crippen LogP contribution in [-0.4, -0.2) is 43.2 Å². The van der Waals surface area contributed by atoms with Crippen molar-refractivity contribution in [3.8, 4) is 11.5 Å². The molecule has 1 saturated heterocycles. The van der Waals surface area contributed by atoms with Crippen LogP contribution in [0.2, 0.25) is 0 Å². The van der Waals surface area contributed by atoms with Crippen LogP contribution in [0.25, 0.3) is 0 Å². The van der Waals surface area contributed by atoms with Crippen LogP contribution in [0.4, 0.5) is 5.82 Å². The summed E-state index contributed by atoms with van der Waals surface area (Å²) in [4.78, 5) is 21.3. The van der Waals surface area contributed by atoms with E-state index in [9.17, 15) is 4.79 Å². The van der Waals surface area contributed by atoms with E-state index >= 15 is 0 Å². The summed E-state index contributed by atoms with van der Waals surface area (Å²) >= 11 is 0. The van der Waals surface area contributed by atoms with Gasteiger partial charge in [0.1, 0.15) is 5.82 Å². The normalized spacial score (nSPS) is 18.5. The molecule has 1 unspecified atom stereocenters. The molecule has 4 rings (SSSR count). The highest BCUT2D eigenvalue weighted by molar-refractivity contribution is 5.95. The average molecular weight is 339 g/mol. The maximum absolute atomic E-state index is 13.1. The van der Waals surface area contributed by atoms with E-state index in [-0.39, 0.29) is 18.7 Å². The number of ether oxygens (including phenoxy) is 2. The minimum atomic E-state index is 0.0315. The summed E-state index contributed by atoms with van der Waals surface area (Å²) in [7, 11) is 3.94. The first-order valence-corrected chi connectivity index (χ1v) is 8.47. The number of aromatic nitrogens is 1. The van der Waals surface area contributed by atoms with Gasteiger partial charge >= 0.3 is 0 Å². The van der Waals surface area contributed by atoms with Crippen LogP contribution in [0, 0.1) is 0 Å². The predicted molar refractivity (Wildman–Crippen MR) is 94.1 cm³/mol. The molecule has 2 aliphatic rings. The average Bonchev–Trinajstić information content (AvgIpc) is 3.29. The number of anilines is 1. The topological polar surface area (TPSA) is 54.9 Å². The highest BCUT2D eigenvalue weighted by Gasteiger charge is 2.31. The van der Waals surface area contributed by atoms with Gasteiger partial charge < -0.3 is 19.3 Å². The zero-order chi connectivity index (χ0) is 17.4. The second-order valence-electron chi connectivity index (χ2n) is 6.57. The van der Waals surface area contributed by atoms with Gasteiger partial charge in [-0.15, -0.1) is 0 Å². The Balaban J connectivity index is 1.61. The maximum atomic E-state index is 13.1. The van der Waals surface area contributed by atoms with E-state index in [1.807, 2.05) is 42.2 Å². The third-order valence-corrected chi connectivity index (χ3v) is 4.75. The highest BCUT2D eigenvalue weighted by atomic mass is 16.7. The lowest BCUT2D eigenvalue weighted by Gasteiger charge is -2.26. The van der Waals surface area contributed by atoms with Gasteiger partial charge in [0.15, 0.2) is 11.5 Å². The number of rotatable bonds is 3. The van der Waals surface area contributed by atoms with Crippen LogP contribution in [-0.2, 0) is 0 Å². The van der Waals surface area contributed by atoms with Crippen molar-refractivity contribution >= 4 is 11.7 Å². The number of hydrogen-bond acceptors (Lipinski definition) is 5. The molecule has 0 radical (unpaired) electrons. The van der Waals surface area contributed by atoms with Gasteiger partial charge in [-0.25, -0.2) is 4.98 Å². The van der Waals surface area contributed by atoms with Gasteiger partial charge in [0.05, 0.1) is 6.04 Å². The highest BCUT2D eigenvalue weighted by Crippen LogP contribution is 2.36. The molecule has 130 valence electrons. The molecule has 2 aliphatic heterocycles. The van der Waals surface area contributed by atoms with Crippen LogP contribution in [0.5, 0.6) is 11.5 Å². The molecule has 0 bridgehead atoms. The fourth-order valence-electron chi connectivity index (χ4n) is 3.44. The molecule has 6 nitrogen and oxygen atoms in total. The second kappa shape index (κ2) is 6.27. The Hall–Kier alpha value is -2.76.